The van der Waals surface area contributed by atoms with Crippen molar-refractivity contribution in [2.24, 2.45) is 0 Å². The number of pyridine rings is 1. The first-order valence-electron chi connectivity index (χ1n) is 17.5. The van der Waals surface area contributed by atoms with Crippen molar-refractivity contribution in [3.05, 3.63) is 87.7 Å². The quantitative estimate of drug-likeness (QED) is 0.0903. The average molecular weight is 615 g/mol. The second-order valence-electron chi connectivity index (χ2n) is 12.5. The number of hydrogen-bond acceptors (Lipinski definition) is 4. The highest BCUT2D eigenvalue weighted by molar-refractivity contribution is 5.90. The van der Waals surface area contributed by atoms with Gasteiger partial charge in [-0.25, -0.2) is 0 Å². The van der Waals surface area contributed by atoms with Crippen LogP contribution in [0.3, 0.4) is 0 Å². The van der Waals surface area contributed by atoms with E-state index in [1.165, 1.54) is 55.2 Å². The Morgan fingerprint density at radius 1 is 0.800 bits per heavy atom. The molecule has 0 aliphatic carbocycles. The lowest BCUT2D eigenvalue weighted by Gasteiger charge is -2.19. The van der Waals surface area contributed by atoms with Gasteiger partial charge >= 0.3 is 0 Å². The molecule has 5 nitrogen and oxygen atoms in total. The number of rotatable bonds is 22. The number of nitrogens with zero attached hydrogens (tertiary/aromatic N) is 1. The summed E-state index contributed by atoms with van der Waals surface area (Å²) >= 11 is 0. The smallest absolute Gasteiger partial charge is 0.297 e. The molecule has 0 atom stereocenters. The Balaban J connectivity index is 1.96. The molecule has 3 rings (SSSR count). The molecule has 0 bridgehead atoms. The largest absolute Gasteiger partial charge is 0.489 e. The van der Waals surface area contributed by atoms with Gasteiger partial charge in [0.25, 0.3) is 5.56 Å². The Labute approximate surface area is 272 Å². The summed E-state index contributed by atoms with van der Waals surface area (Å²) in [4.78, 5) is 14.2. The molecule has 3 aromatic rings. The van der Waals surface area contributed by atoms with Crippen molar-refractivity contribution in [3.8, 4) is 11.5 Å². The van der Waals surface area contributed by atoms with Crippen molar-refractivity contribution in [1.82, 2.24) is 4.57 Å². The summed E-state index contributed by atoms with van der Waals surface area (Å²) in [6.45, 7) is 13.1. The number of fused-ring (bicyclic) bond motifs is 1. The van der Waals surface area contributed by atoms with E-state index in [1.54, 1.807) is 0 Å². The van der Waals surface area contributed by atoms with E-state index < -0.39 is 0 Å². The monoisotopic (exact) mass is 614 g/mol. The Kier molecular flexibility index (Phi) is 16.4. The lowest BCUT2D eigenvalue weighted by Crippen LogP contribution is -2.24. The van der Waals surface area contributed by atoms with Gasteiger partial charge in [0.2, 0.25) is 5.75 Å². The van der Waals surface area contributed by atoms with Crippen LogP contribution < -0.4 is 20.3 Å². The fraction of sp³-hybridized carbons (Fsp3) is 0.525. The summed E-state index contributed by atoms with van der Waals surface area (Å²) in [5.41, 5.74) is 5.59. The van der Waals surface area contributed by atoms with Crippen LogP contribution in [0.2, 0.25) is 0 Å². The third kappa shape index (κ3) is 12.4. The molecule has 0 fully saturated rings. The number of allylic oxidation sites excluding steroid dienone is 3. The van der Waals surface area contributed by atoms with Crippen LogP contribution in [0.25, 0.3) is 10.9 Å². The van der Waals surface area contributed by atoms with Crippen molar-refractivity contribution in [3.63, 3.8) is 0 Å². The van der Waals surface area contributed by atoms with Crippen LogP contribution in [0.1, 0.15) is 117 Å². The lowest BCUT2D eigenvalue weighted by molar-refractivity contribution is 0.275. The molecular formula is C40H58N2O3. The van der Waals surface area contributed by atoms with Gasteiger partial charge in [-0.2, -0.15) is 0 Å². The van der Waals surface area contributed by atoms with E-state index in [9.17, 15) is 4.79 Å². The predicted octanol–water partition coefficient (Wildman–Crippen LogP) is 11.0. The molecule has 1 heterocycles. The zero-order valence-corrected chi connectivity index (χ0v) is 28.8. The normalized spacial score (nSPS) is 11.5. The van der Waals surface area contributed by atoms with Crippen LogP contribution >= 0.6 is 0 Å². The van der Waals surface area contributed by atoms with Crippen LogP contribution in [0.5, 0.6) is 11.5 Å². The third-order valence-corrected chi connectivity index (χ3v) is 8.25. The van der Waals surface area contributed by atoms with Gasteiger partial charge in [-0.05, 0) is 76.3 Å². The van der Waals surface area contributed by atoms with Crippen LogP contribution in [-0.2, 0) is 13.1 Å². The molecule has 0 radical (unpaired) electrons. The summed E-state index contributed by atoms with van der Waals surface area (Å²) in [6, 6.07) is 16.7. The van der Waals surface area contributed by atoms with Crippen molar-refractivity contribution in [2.45, 2.75) is 125 Å². The van der Waals surface area contributed by atoms with Gasteiger partial charge in [0, 0.05) is 24.2 Å². The molecule has 5 heteroatoms. The van der Waals surface area contributed by atoms with E-state index in [-0.39, 0.29) is 5.56 Å². The second-order valence-corrected chi connectivity index (χ2v) is 12.5. The van der Waals surface area contributed by atoms with Crippen molar-refractivity contribution in [1.29, 1.82) is 0 Å². The van der Waals surface area contributed by atoms with Crippen LogP contribution in [0.15, 0.2) is 76.6 Å². The molecule has 246 valence electrons. The van der Waals surface area contributed by atoms with Crippen molar-refractivity contribution < 1.29 is 9.47 Å². The van der Waals surface area contributed by atoms with E-state index in [0.717, 1.165) is 61.7 Å². The Bertz CT molecular complexity index is 1400. The topological polar surface area (TPSA) is 52.5 Å². The van der Waals surface area contributed by atoms with Crippen LogP contribution in [0, 0.1) is 0 Å². The van der Waals surface area contributed by atoms with Gasteiger partial charge in [0.1, 0.15) is 6.61 Å². The van der Waals surface area contributed by atoms with Crippen molar-refractivity contribution in [2.75, 3.05) is 18.5 Å². The first-order valence-corrected chi connectivity index (χ1v) is 17.5. The van der Waals surface area contributed by atoms with Gasteiger partial charge in [0.05, 0.1) is 12.1 Å². The minimum Gasteiger partial charge on any atom is -0.489 e. The second kappa shape index (κ2) is 20.5. The highest BCUT2D eigenvalue weighted by atomic mass is 16.5. The lowest BCUT2D eigenvalue weighted by atomic mass is 10.1. The number of nitrogens with one attached hydrogen (secondary N) is 1. The molecule has 0 aliphatic rings. The molecule has 0 aliphatic heterocycles. The third-order valence-electron chi connectivity index (χ3n) is 8.25. The van der Waals surface area contributed by atoms with Gasteiger partial charge in [-0.1, -0.05) is 113 Å². The minimum atomic E-state index is -0.101. The molecule has 1 aromatic heterocycles. The summed E-state index contributed by atoms with van der Waals surface area (Å²) < 4.78 is 14.7. The standard InChI is InChI=1S/C40H58N2O3/c1-6-8-10-12-13-17-27-42-37-30-35(41-31-34-22-15-14-16-23-34)24-25-36(37)38(44-28-18-11-9-7-2)39(40(42)43)45-29-26-33(5)21-19-20-32(3)4/h14-16,20,22-26,30,41H,6-13,17-19,21,27-29,31H2,1-5H3. The SMILES string of the molecule is CCCCCCCCn1c(=O)c(OCC=C(C)CCC=C(C)C)c(OCCCCCC)c2ccc(NCc3ccccc3)cc21. The van der Waals surface area contributed by atoms with Gasteiger partial charge in [-0.3, -0.25) is 4.79 Å². The molecule has 0 unspecified atom stereocenters. The number of anilines is 1. The van der Waals surface area contributed by atoms with E-state index in [2.05, 4.69) is 94.6 Å². The zero-order valence-electron chi connectivity index (χ0n) is 28.8. The maximum Gasteiger partial charge on any atom is 0.297 e. The molecule has 1 N–H and O–H groups in total. The molecule has 0 saturated carbocycles. The first-order chi connectivity index (χ1) is 21.9. The molecule has 0 amide bonds. The summed E-state index contributed by atoms with van der Waals surface area (Å²) in [6.07, 6.45) is 17.8. The minimum absolute atomic E-state index is 0.101. The molecule has 2 aromatic carbocycles. The summed E-state index contributed by atoms with van der Waals surface area (Å²) in [5, 5.41) is 4.49. The number of hydrogen-bond donors (Lipinski definition) is 1. The number of aromatic nitrogens is 1. The molecule has 0 saturated heterocycles. The number of ether oxygens (including phenoxy) is 2. The first kappa shape index (κ1) is 36.0. The van der Waals surface area contributed by atoms with Crippen molar-refractivity contribution >= 4 is 16.6 Å². The summed E-state index contributed by atoms with van der Waals surface area (Å²) in [7, 11) is 0. The Hall–Kier alpha value is -3.47. The van der Waals surface area contributed by atoms with E-state index in [4.69, 9.17) is 9.47 Å². The summed E-state index contributed by atoms with van der Waals surface area (Å²) in [5.74, 6) is 0.915. The predicted molar refractivity (Wildman–Crippen MR) is 193 cm³/mol. The highest BCUT2D eigenvalue weighted by Gasteiger charge is 2.20. The number of unbranched alkanes of at least 4 members (excludes halogenated alkanes) is 8. The van der Waals surface area contributed by atoms with E-state index in [0.29, 0.717) is 31.3 Å². The van der Waals surface area contributed by atoms with Gasteiger partial charge < -0.3 is 19.4 Å². The number of benzene rings is 2. The maximum atomic E-state index is 14.2. The van der Waals surface area contributed by atoms with E-state index in [1.807, 2.05) is 10.6 Å². The molecular weight excluding hydrogens is 556 g/mol. The van der Waals surface area contributed by atoms with Crippen LogP contribution in [0.4, 0.5) is 5.69 Å². The zero-order chi connectivity index (χ0) is 32.3. The Morgan fingerprint density at radius 3 is 2.24 bits per heavy atom. The van der Waals surface area contributed by atoms with Crippen LogP contribution in [-0.4, -0.2) is 17.8 Å². The average Bonchev–Trinajstić information content (AvgIpc) is 3.04. The van der Waals surface area contributed by atoms with Gasteiger partial charge in [-0.15, -0.1) is 0 Å². The Morgan fingerprint density at radius 2 is 1.51 bits per heavy atom. The fourth-order valence-electron chi connectivity index (χ4n) is 5.51. The highest BCUT2D eigenvalue weighted by Crippen LogP contribution is 2.35. The molecule has 45 heavy (non-hydrogen) atoms. The van der Waals surface area contributed by atoms with E-state index >= 15 is 0 Å². The molecule has 0 spiro atoms. The van der Waals surface area contributed by atoms with Gasteiger partial charge in [0.15, 0.2) is 5.75 Å². The maximum absolute atomic E-state index is 14.2. The number of aryl methyl sites for hydroxylation is 1. The fourth-order valence-corrected chi connectivity index (χ4v) is 5.51.